The van der Waals surface area contributed by atoms with Crippen LogP contribution in [0.3, 0.4) is 0 Å². The number of rotatable bonds is 5. The molecule has 0 unspecified atom stereocenters. The zero-order valence-corrected chi connectivity index (χ0v) is 16.5. The lowest BCUT2D eigenvalue weighted by Gasteiger charge is -2.28. The third kappa shape index (κ3) is 4.38. The molecule has 1 amide bonds. The SMILES string of the molecule is COc1cncc(Cc2cc(C(=O)N[C@H]3CCCC[C@@H]3O)nc3ccccc23)c1. The Morgan fingerprint density at radius 3 is 2.86 bits per heavy atom. The summed E-state index contributed by atoms with van der Waals surface area (Å²) in [5.41, 5.74) is 3.14. The van der Waals surface area contributed by atoms with Crippen LogP contribution in [0.2, 0.25) is 0 Å². The van der Waals surface area contributed by atoms with Crippen LogP contribution in [0.25, 0.3) is 10.9 Å². The Balaban J connectivity index is 1.65. The van der Waals surface area contributed by atoms with Crippen molar-refractivity contribution in [3.63, 3.8) is 0 Å². The first-order chi connectivity index (χ1) is 14.1. The molecule has 2 atom stereocenters. The summed E-state index contributed by atoms with van der Waals surface area (Å²) >= 11 is 0. The number of aliphatic hydroxyl groups excluding tert-OH is 1. The van der Waals surface area contributed by atoms with Crippen LogP contribution in [0.5, 0.6) is 5.75 Å². The lowest BCUT2D eigenvalue weighted by atomic mass is 9.92. The summed E-state index contributed by atoms with van der Waals surface area (Å²) in [6, 6.07) is 11.4. The van der Waals surface area contributed by atoms with Gasteiger partial charge in [0.05, 0.1) is 31.0 Å². The van der Waals surface area contributed by atoms with Crippen LogP contribution in [-0.4, -0.2) is 40.2 Å². The second-order valence-corrected chi connectivity index (χ2v) is 7.53. The molecule has 0 aliphatic heterocycles. The Labute approximate surface area is 170 Å². The van der Waals surface area contributed by atoms with E-state index in [0.29, 0.717) is 17.9 Å². The van der Waals surface area contributed by atoms with Crippen molar-refractivity contribution in [1.29, 1.82) is 0 Å². The fourth-order valence-electron chi connectivity index (χ4n) is 3.92. The molecule has 2 heterocycles. The summed E-state index contributed by atoms with van der Waals surface area (Å²) in [6.45, 7) is 0. The van der Waals surface area contributed by atoms with Crippen LogP contribution in [0.1, 0.15) is 47.3 Å². The van der Waals surface area contributed by atoms with Gasteiger partial charge in [0.2, 0.25) is 0 Å². The molecule has 6 nitrogen and oxygen atoms in total. The normalized spacial score (nSPS) is 19.1. The molecule has 0 spiro atoms. The highest BCUT2D eigenvalue weighted by atomic mass is 16.5. The number of carbonyl (C=O) groups is 1. The van der Waals surface area contributed by atoms with Crippen LogP contribution < -0.4 is 10.1 Å². The Hall–Kier alpha value is -2.99. The minimum Gasteiger partial charge on any atom is -0.495 e. The molecular weight excluding hydrogens is 366 g/mol. The third-order valence-electron chi connectivity index (χ3n) is 5.48. The van der Waals surface area contributed by atoms with Gasteiger partial charge in [-0.25, -0.2) is 4.98 Å². The maximum absolute atomic E-state index is 12.9. The fourth-order valence-corrected chi connectivity index (χ4v) is 3.92. The minimum atomic E-state index is -0.490. The maximum Gasteiger partial charge on any atom is 0.270 e. The monoisotopic (exact) mass is 391 g/mol. The summed E-state index contributed by atoms with van der Waals surface area (Å²) in [7, 11) is 1.62. The molecule has 0 bridgehead atoms. The van der Waals surface area contributed by atoms with Gasteiger partial charge >= 0.3 is 0 Å². The number of fused-ring (bicyclic) bond motifs is 1. The summed E-state index contributed by atoms with van der Waals surface area (Å²) in [5.74, 6) is 0.455. The Kier molecular flexibility index (Phi) is 5.71. The highest BCUT2D eigenvalue weighted by Gasteiger charge is 2.25. The average molecular weight is 391 g/mol. The van der Waals surface area contributed by atoms with Crippen molar-refractivity contribution in [3.8, 4) is 5.75 Å². The highest BCUT2D eigenvalue weighted by Crippen LogP contribution is 2.23. The number of hydrogen-bond acceptors (Lipinski definition) is 5. The molecule has 1 saturated carbocycles. The number of para-hydroxylation sites is 1. The van der Waals surface area contributed by atoms with E-state index in [0.717, 1.165) is 47.7 Å². The van der Waals surface area contributed by atoms with Crippen molar-refractivity contribution in [2.24, 2.45) is 0 Å². The molecule has 1 aliphatic rings. The van der Waals surface area contributed by atoms with E-state index in [4.69, 9.17) is 4.74 Å². The lowest BCUT2D eigenvalue weighted by Crippen LogP contribution is -2.45. The van der Waals surface area contributed by atoms with Crippen LogP contribution in [0.4, 0.5) is 0 Å². The molecule has 1 fully saturated rings. The van der Waals surface area contributed by atoms with Crippen LogP contribution in [0, 0.1) is 0 Å². The van der Waals surface area contributed by atoms with Gasteiger partial charge in [-0.2, -0.15) is 0 Å². The van der Waals surface area contributed by atoms with Crippen molar-refractivity contribution in [1.82, 2.24) is 15.3 Å². The Bertz CT molecular complexity index is 1020. The molecule has 0 radical (unpaired) electrons. The number of nitrogens with one attached hydrogen (secondary N) is 1. The second kappa shape index (κ2) is 8.57. The highest BCUT2D eigenvalue weighted by molar-refractivity contribution is 5.96. The fraction of sp³-hybridized carbons (Fsp3) is 0.348. The first-order valence-electron chi connectivity index (χ1n) is 9.99. The molecule has 3 aromatic rings. The Morgan fingerprint density at radius 2 is 2.03 bits per heavy atom. The minimum absolute atomic E-state index is 0.212. The number of ether oxygens (including phenoxy) is 1. The third-order valence-corrected chi connectivity index (χ3v) is 5.48. The quantitative estimate of drug-likeness (QED) is 0.697. The predicted molar refractivity (Wildman–Crippen MR) is 111 cm³/mol. The first kappa shape index (κ1) is 19.3. The van der Waals surface area contributed by atoms with E-state index in [-0.39, 0.29) is 11.9 Å². The van der Waals surface area contributed by atoms with Gasteiger partial charge in [0, 0.05) is 11.6 Å². The van der Waals surface area contributed by atoms with Crippen molar-refractivity contribution >= 4 is 16.8 Å². The van der Waals surface area contributed by atoms with Gasteiger partial charge in [-0.05, 0) is 48.6 Å². The van der Waals surface area contributed by atoms with Gasteiger partial charge in [-0.3, -0.25) is 9.78 Å². The van der Waals surface area contributed by atoms with Crippen molar-refractivity contribution < 1.29 is 14.6 Å². The first-order valence-corrected chi connectivity index (χ1v) is 9.99. The zero-order chi connectivity index (χ0) is 20.2. The number of benzene rings is 1. The van der Waals surface area contributed by atoms with Gasteiger partial charge in [0.15, 0.2) is 0 Å². The molecule has 2 N–H and O–H groups in total. The van der Waals surface area contributed by atoms with Gasteiger partial charge in [-0.1, -0.05) is 31.0 Å². The molecule has 1 aliphatic carbocycles. The topological polar surface area (TPSA) is 84.3 Å². The van der Waals surface area contributed by atoms with Gasteiger partial charge < -0.3 is 15.2 Å². The smallest absolute Gasteiger partial charge is 0.270 e. The van der Waals surface area contributed by atoms with Crippen molar-refractivity contribution in [2.75, 3.05) is 7.11 Å². The molecular formula is C23H25N3O3. The second-order valence-electron chi connectivity index (χ2n) is 7.53. The van der Waals surface area contributed by atoms with E-state index in [2.05, 4.69) is 15.3 Å². The van der Waals surface area contributed by atoms with Crippen LogP contribution >= 0.6 is 0 Å². The number of pyridine rings is 2. The zero-order valence-electron chi connectivity index (χ0n) is 16.5. The summed E-state index contributed by atoms with van der Waals surface area (Å²) in [5, 5.41) is 14.2. The molecule has 0 saturated heterocycles. The molecule has 2 aromatic heterocycles. The summed E-state index contributed by atoms with van der Waals surface area (Å²) < 4.78 is 5.27. The number of aliphatic hydroxyl groups is 1. The number of amides is 1. The van der Waals surface area contributed by atoms with Crippen molar-refractivity contribution in [2.45, 2.75) is 44.2 Å². The maximum atomic E-state index is 12.9. The van der Waals surface area contributed by atoms with E-state index < -0.39 is 6.10 Å². The van der Waals surface area contributed by atoms with Gasteiger partial charge in [-0.15, -0.1) is 0 Å². The molecule has 6 heteroatoms. The number of nitrogens with zero attached hydrogens (tertiary/aromatic N) is 2. The van der Waals surface area contributed by atoms with Gasteiger partial charge in [0.25, 0.3) is 5.91 Å². The van der Waals surface area contributed by atoms with E-state index in [1.807, 2.05) is 36.4 Å². The number of aromatic nitrogens is 2. The van der Waals surface area contributed by atoms with Crippen molar-refractivity contribution in [3.05, 3.63) is 65.6 Å². The van der Waals surface area contributed by atoms with Gasteiger partial charge in [0.1, 0.15) is 11.4 Å². The number of hydrogen-bond donors (Lipinski definition) is 2. The molecule has 4 rings (SSSR count). The van der Waals surface area contributed by atoms with E-state index in [9.17, 15) is 9.90 Å². The largest absolute Gasteiger partial charge is 0.495 e. The lowest BCUT2D eigenvalue weighted by molar-refractivity contribution is 0.0714. The Morgan fingerprint density at radius 1 is 1.21 bits per heavy atom. The molecule has 29 heavy (non-hydrogen) atoms. The average Bonchev–Trinajstić information content (AvgIpc) is 2.75. The predicted octanol–water partition coefficient (Wildman–Crippen LogP) is 3.26. The van der Waals surface area contributed by atoms with Crippen LogP contribution in [-0.2, 0) is 6.42 Å². The number of methoxy groups -OCH3 is 1. The summed E-state index contributed by atoms with van der Waals surface area (Å²) in [4.78, 5) is 21.7. The van der Waals surface area contributed by atoms with Crippen LogP contribution in [0.15, 0.2) is 48.8 Å². The molecule has 150 valence electrons. The number of carbonyl (C=O) groups excluding carboxylic acids is 1. The molecule has 1 aromatic carbocycles. The van der Waals surface area contributed by atoms with E-state index in [1.54, 1.807) is 19.5 Å². The van der Waals surface area contributed by atoms with E-state index in [1.165, 1.54) is 0 Å². The standard InChI is InChI=1S/C23H25N3O3/c1-29-17-11-15(13-24-14-17)10-16-12-21(25-19-7-3-2-6-18(16)19)23(28)26-20-8-4-5-9-22(20)27/h2-3,6-7,11-14,20,22,27H,4-5,8-10H2,1H3,(H,26,28)/t20-,22-/m0/s1. The summed E-state index contributed by atoms with van der Waals surface area (Å²) in [6.07, 6.45) is 7.13. The van der Waals surface area contributed by atoms with E-state index >= 15 is 0 Å².